The largest absolute Gasteiger partial charge is 0.748 e. The second-order valence-corrected chi connectivity index (χ2v) is 3.70. The van der Waals surface area contributed by atoms with Gasteiger partial charge in [-0.25, -0.2) is 13.0 Å². The van der Waals surface area contributed by atoms with Crippen LogP contribution in [0.2, 0.25) is 0 Å². The van der Waals surface area contributed by atoms with Crippen LogP contribution in [0.5, 0.6) is 0 Å². The Morgan fingerprint density at radius 1 is 1.54 bits per heavy atom. The molecule has 1 aromatic heterocycles. The second kappa shape index (κ2) is 5.60. The predicted octanol–water partition coefficient (Wildman–Crippen LogP) is -0.450. The molecule has 0 bridgehead atoms. The highest BCUT2D eigenvalue weighted by atomic mass is 32.2. The van der Waals surface area contributed by atoms with Gasteiger partial charge in [0, 0.05) is 12.3 Å². The number of rotatable bonds is 1. The Kier molecular flexibility index (Phi) is 5.17. The number of nitrogens with zero attached hydrogens (tertiary/aromatic N) is 2. The van der Waals surface area contributed by atoms with Crippen LogP contribution in [-0.2, 0) is 16.7 Å². The Labute approximate surface area is 77.8 Å². The zero-order valence-corrected chi connectivity index (χ0v) is 8.36. The third kappa shape index (κ3) is 11.0. The zero-order chi connectivity index (χ0) is 10.3. The van der Waals surface area contributed by atoms with E-state index in [0.29, 0.717) is 6.26 Å². The summed E-state index contributed by atoms with van der Waals surface area (Å²) in [5.41, 5.74) is 0. The highest BCUT2D eigenvalue weighted by Crippen LogP contribution is 1.68. The molecule has 13 heavy (non-hydrogen) atoms. The van der Waals surface area contributed by atoms with E-state index in [1.54, 1.807) is 12.5 Å². The molecule has 0 saturated heterocycles. The van der Waals surface area contributed by atoms with Gasteiger partial charge < -0.3 is 4.55 Å². The minimum Gasteiger partial charge on any atom is -0.748 e. The second-order valence-electron chi connectivity index (χ2n) is 2.29. The van der Waals surface area contributed by atoms with Gasteiger partial charge in [-0.3, -0.25) is 0 Å². The van der Waals surface area contributed by atoms with Gasteiger partial charge in [-0.1, -0.05) is 4.98 Å². The Hall–Kier alpha value is -1.01. The molecule has 0 radical (unpaired) electrons. The average Bonchev–Trinajstić information content (AvgIpc) is 2.03. The van der Waals surface area contributed by atoms with Gasteiger partial charge in [-0.15, -0.1) is 0 Å². The van der Waals surface area contributed by atoms with Crippen LogP contribution in [-0.4, -0.2) is 24.2 Å². The minimum atomic E-state index is -3.92. The molecule has 0 N–H and O–H groups in total. The lowest BCUT2D eigenvalue weighted by atomic mass is 10.6. The van der Waals surface area contributed by atoms with Crippen molar-refractivity contribution in [2.45, 2.75) is 13.5 Å². The van der Waals surface area contributed by atoms with Gasteiger partial charge >= 0.3 is 0 Å². The molecule has 1 heterocycles. The first-order valence-corrected chi connectivity index (χ1v) is 5.45. The molecule has 0 amide bonds. The van der Waals surface area contributed by atoms with Crippen molar-refractivity contribution in [1.82, 2.24) is 4.98 Å². The average molecular weight is 204 g/mol. The van der Waals surface area contributed by atoms with E-state index in [9.17, 15) is 0 Å². The summed E-state index contributed by atoms with van der Waals surface area (Å²) in [5, 5.41) is 0. The van der Waals surface area contributed by atoms with E-state index in [4.69, 9.17) is 13.0 Å². The Balaban J connectivity index is 0.000000252. The molecular weight excluding hydrogens is 192 g/mol. The lowest BCUT2D eigenvalue weighted by Crippen LogP contribution is -2.31. The van der Waals surface area contributed by atoms with E-state index in [0.717, 1.165) is 6.54 Å². The summed E-state index contributed by atoms with van der Waals surface area (Å²) in [5.74, 6) is 0. The van der Waals surface area contributed by atoms with Crippen molar-refractivity contribution in [3.8, 4) is 0 Å². The van der Waals surface area contributed by atoms with E-state index in [-0.39, 0.29) is 0 Å². The molecule has 0 saturated carbocycles. The summed E-state index contributed by atoms with van der Waals surface area (Å²) >= 11 is 0. The van der Waals surface area contributed by atoms with Gasteiger partial charge in [-0.05, 0) is 6.92 Å². The molecule has 5 nitrogen and oxygen atoms in total. The molecule has 1 rings (SSSR count). The highest BCUT2D eigenvalue weighted by molar-refractivity contribution is 7.84. The summed E-state index contributed by atoms with van der Waals surface area (Å²) in [4.78, 5) is 3.92. The molecule has 0 aliphatic carbocycles. The van der Waals surface area contributed by atoms with Crippen LogP contribution in [0.15, 0.2) is 24.8 Å². The molecule has 0 spiro atoms. The molecule has 74 valence electrons. The van der Waals surface area contributed by atoms with Gasteiger partial charge in [0.1, 0.15) is 6.20 Å². The molecular formula is C7H12N2O3S. The van der Waals surface area contributed by atoms with E-state index < -0.39 is 10.1 Å². The third-order valence-corrected chi connectivity index (χ3v) is 1.03. The maximum atomic E-state index is 9.08. The fraction of sp³-hybridized carbons (Fsp3) is 0.429. The smallest absolute Gasteiger partial charge is 0.286 e. The fourth-order valence-electron chi connectivity index (χ4n) is 0.548. The lowest BCUT2D eigenvalue weighted by Gasteiger charge is -1.90. The minimum absolute atomic E-state index is 0.604. The van der Waals surface area contributed by atoms with Crippen LogP contribution < -0.4 is 4.57 Å². The first-order valence-electron chi connectivity index (χ1n) is 3.63. The molecule has 0 aromatic carbocycles. The molecule has 6 heteroatoms. The van der Waals surface area contributed by atoms with Crippen molar-refractivity contribution < 1.29 is 17.5 Å². The summed E-state index contributed by atoms with van der Waals surface area (Å²) in [6, 6.07) is 1.92. The van der Waals surface area contributed by atoms with Crippen molar-refractivity contribution in [1.29, 1.82) is 0 Å². The van der Waals surface area contributed by atoms with E-state index in [2.05, 4.69) is 11.9 Å². The van der Waals surface area contributed by atoms with Crippen LogP contribution in [0.25, 0.3) is 0 Å². The normalized spacial score (nSPS) is 10.1. The summed E-state index contributed by atoms with van der Waals surface area (Å²) in [7, 11) is -3.92. The number of hydrogen-bond donors (Lipinski definition) is 0. The molecule has 0 aliphatic heterocycles. The summed E-state index contributed by atoms with van der Waals surface area (Å²) in [6.07, 6.45) is 6.17. The first-order chi connectivity index (χ1) is 5.93. The van der Waals surface area contributed by atoms with Gasteiger partial charge in [0.2, 0.25) is 0 Å². The third-order valence-electron chi connectivity index (χ3n) is 1.03. The van der Waals surface area contributed by atoms with Crippen LogP contribution in [0, 0.1) is 0 Å². The van der Waals surface area contributed by atoms with E-state index >= 15 is 0 Å². The van der Waals surface area contributed by atoms with Crippen LogP contribution >= 0.6 is 0 Å². The lowest BCUT2D eigenvalue weighted by molar-refractivity contribution is -0.696. The maximum absolute atomic E-state index is 9.08. The zero-order valence-electron chi connectivity index (χ0n) is 7.54. The van der Waals surface area contributed by atoms with Crippen LogP contribution in [0.3, 0.4) is 0 Å². The van der Waals surface area contributed by atoms with Crippen molar-refractivity contribution in [3.63, 3.8) is 0 Å². The van der Waals surface area contributed by atoms with Gasteiger partial charge in [0.15, 0.2) is 0 Å². The molecule has 0 aliphatic rings. The first kappa shape index (κ1) is 12.0. The quantitative estimate of drug-likeness (QED) is 0.458. The number of aromatic nitrogens is 2. The molecule has 0 atom stereocenters. The summed E-state index contributed by atoms with van der Waals surface area (Å²) < 4.78 is 29.2. The van der Waals surface area contributed by atoms with Gasteiger partial charge in [0.25, 0.3) is 6.33 Å². The fourth-order valence-corrected chi connectivity index (χ4v) is 0.548. The molecule has 0 fully saturated rings. The summed E-state index contributed by atoms with van der Waals surface area (Å²) in [6.45, 7) is 3.08. The number of hydrogen-bond acceptors (Lipinski definition) is 4. The van der Waals surface area contributed by atoms with Crippen LogP contribution in [0.1, 0.15) is 6.92 Å². The Morgan fingerprint density at radius 3 is 2.31 bits per heavy atom. The maximum Gasteiger partial charge on any atom is 0.286 e. The highest BCUT2D eigenvalue weighted by Gasteiger charge is 1.86. The Bertz CT molecular complexity index is 315. The van der Waals surface area contributed by atoms with Crippen LogP contribution in [0.4, 0.5) is 0 Å². The van der Waals surface area contributed by atoms with Gasteiger partial charge in [-0.2, -0.15) is 0 Å². The standard InChI is InChI=1S/C6H9N2.CH4O3S/c1-2-8-5-3-4-7-6-8;1-5(2,3)4/h3-6H,2H2,1H3;1H3,(H,2,3,4)/q+1;/p-1. The van der Waals surface area contributed by atoms with Gasteiger partial charge in [0.05, 0.1) is 22.9 Å². The number of aryl methyl sites for hydroxylation is 1. The van der Waals surface area contributed by atoms with E-state index in [1.165, 1.54) is 0 Å². The Morgan fingerprint density at radius 2 is 2.08 bits per heavy atom. The van der Waals surface area contributed by atoms with E-state index in [1.807, 2.05) is 16.8 Å². The van der Waals surface area contributed by atoms with Crippen molar-refractivity contribution >= 4 is 10.1 Å². The molecule has 0 unspecified atom stereocenters. The topological polar surface area (TPSA) is 74.0 Å². The van der Waals surface area contributed by atoms with Crippen molar-refractivity contribution in [2.75, 3.05) is 6.26 Å². The predicted molar refractivity (Wildman–Crippen MR) is 45.7 cm³/mol. The van der Waals surface area contributed by atoms with Crippen molar-refractivity contribution in [3.05, 3.63) is 24.8 Å². The molecule has 1 aromatic rings. The van der Waals surface area contributed by atoms with Crippen molar-refractivity contribution in [2.24, 2.45) is 0 Å². The SMILES string of the molecule is CC[n+]1cccnc1.CS(=O)(=O)[O-]. The monoisotopic (exact) mass is 204 g/mol.